The maximum atomic E-state index is 12.9. The first-order chi connectivity index (χ1) is 11.1. The van der Waals surface area contributed by atoms with Crippen LogP contribution in [-0.2, 0) is 6.42 Å². The number of nitrogens with zero attached hydrogens (tertiary/aromatic N) is 2. The van der Waals surface area contributed by atoms with Gasteiger partial charge in [-0.25, -0.2) is 4.39 Å². The summed E-state index contributed by atoms with van der Waals surface area (Å²) in [6.07, 6.45) is 0.561. The van der Waals surface area contributed by atoms with Crippen LogP contribution in [0.15, 0.2) is 40.9 Å². The Morgan fingerprint density at radius 1 is 1.30 bits per heavy atom. The van der Waals surface area contributed by atoms with Crippen molar-refractivity contribution in [1.29, 1.82) is 0 Å². The fourth-order valence-electron chi connectivity index (χ4n) is 2.14. The molecule has 0 fully saturated rings. The van der Waals surface area contributed by atoms with Crippen LogP contribution in [0.2, 0.25) is 0 Å². The number of aromatic amines is 1. The lowest BCUT2D eigenvalue weighted by molar-refractivity contribution is 0.0948. The number of nitrogens with one attached hydrogen (secondary N) is 2. The molecule has 0 aliphatic carbocycles. The molecule has 2 aromatic heterocycles. The molecule has 1 amide bonds. The van der Waals surface area contributed by atoms with Gasteiger partial charge in [-0.2, -0.15) is 5.10 Å². The standard InChI is InChI=1S/C16H15FN4O2/c1-10-8-13(23-21-10)6-7-18-16(22)15-9-14(19-20-15)11-2-4-12(17)5-3-11/h2-5,8-9H,6-7H2,1H3,(H,18,22)(H,19,20). The van der Waals surface area contributed by atoms with E-state index in [4.69, 9.17) is 4.52 Å². The van der Waals surface area contributed by atoms with Crippen LogP contribution in [0.25, 0.3) is 11.3 Å². The summed E-state index contributed by atoms with van der Waals surface area (Å²) in [6, 6.07) is 9.38. The Morgan fingerprint density at radius 3 is 2.78 bits per heavy atom. The molecule has 23 heavy (non-hydrogen) atoms. The predicted octanol–water partition coefficient (Wildman–Crippen LogP) is 2.48. The Kier molecular flexibility index (Phi) is 4.18. The normalized spacial score (nSPS) is 10.7. The molecule has 2 heterocycles. The number of hydrogen-bond acceptors (Lipinski definition) is 4. The highest BCUT2D eigenvalue weighted by molar-refractivity contribution is 5.93. The zero-order chi connectivity index (χ0) is 16.2. The van der Waals surface area contributed by atoms with Crippen molar-refractivity contribution < 1.29 is 13.7 Å². The molecule has 0 aliphatic rings. The van der Waals surface area contributed by atoms with Gasteiger partial charge in [0.15, 0.2) is 0 Å². The van der Waals surface area contributed by atoms with Gasteiger partial charge >= 0.3 is 0 Å². The van der Waals surface area contributed by atoms with Crippen LogP contribution in [-0.4, -0.2) is 27.8 Å². The summed E-state index contributed by atoms with van der Waals surface area (Å²) in [4.78, 5) is 12.1. The van der Waals surface area contributed by atoms with Gasteiger partial charge in [0.1, 0.15) is 17.3 Å². The maximum Gasteiger partial charge on any atom is 0.269 e. The van der Waals surface area contributed by atoms with Crippen LogP contribution in [0.5, 0.6) is 0 Å². The van der Waals surface area contributed by atoms with Crippen molar-refractivity contribution in [2.24, 2.45) is 0 Å². The molecule has 0 saturated carbocycles. The first kappa shape index (κ1) is 15.0. The minimum Gasteiger partial charge on any atom is -0.361 e. The molecule has 0 aliphatic heterocycles. The van der Waals surface area contributed by atoms with E-state index in [1.165, 1.54) is 12.1 Å². The van der Waals surface area contributed by atoms with Crippen LogP contribution in [0.4, 0.5) is 4.39 Å². The van der Waals surface area contributed by atoms with Gasteiger partial charge in [-0.15, -0.1) is 0 Å². The van der Waals surface area contributed by atoms with Gasteiger partial charge in [0.25, 0.3) is 5.91 Å². The molecule has 3 aromatic rings. The molecule has 0 bridgehead atoms. The second kappa shape index (κ2) is 6.43. The summed E-state index contributed by atoms with van der Waals surface area (Å²) in [7, 11) is 0. The fraction of sp³-hybridized carbons (Fsp3) is 0.188. The van der Waals surface area contributed by atoms with Crippen molar-refractivity contribution in [3.63, 3.8) is 0 Å². The third-order valence-electron chi connectivity index (χ3n) is 3.30. The SMILES string of the molecule is Cc1cc(CCNC(=O)c2cc(-c3ccc(F)cc3)n[nH]2)on1. The number of benzene rings is 1. The number of aryl methyl sites for hydroxylation is 1. The average Bonchev–Trinajstić information content (AvgIpc) is 3.17. The van der Waals surface area contributed by atoms with Crippen molar-refractivity contribution in [1.82, 2.24) is 20.7 Å². The summed E-state index contributed by atoms with van der Waals surface area (Å²) in [5.41, 5.74) is 2.47. The van der Waals surface area contributed by atoms with E-state index >= 15 is 0 Å². The van der Waals surface area contributed by atoms with Crippen molar-refractivity contribution in [3.8, 4) is 11.3 Å². The quantitative estimate of drug-likeness (QED) is 0.758. The predicted molar refractivity (Wildman–Crippen MR) is 81.3 cm³/mol. The lowest BCUT2D eigenvalue weighted by Gasteiger charge is -2.00. The smallest absolute Gasteiger partial charge is 0.269 e. The van der Waals surface area contributed by atoms with Gasteiger partial charge in [0.05, 0.1) is 11.4 Å². The molecule has 0 saturated heterocycles. The second-order valence-corrected chi connectivity index (χ2v) is 5.11. The van der Waals surface area contributed by atoms with Crippen molar-refractivity contribution in [3.05, 3.63) is 59.4 Å². The molecule has 0 unspecified atom stereocenters. The van der Waals surface area contributed by atoms with Crippen LogP contribution in [0.1, 0.15) is 21.9 Å². The van der Waals surface area contributed by atoms with Crippen LogP contribution >= 0.6 is 0 Å². The minimum atomic E-state index is -0.315. The molecular formula is C16H15FN4O2. The summed E-state index contributed by atoms with van der Waals surface area (Å²) in [5, 5.41) is 13.3. The number of aromatic nitrogens is 3. The molecule has 3 rings (SSSR count). The Morgan fingerprint density at radius 2 is 2.09 bits per heavy atom. The van der Waals surface area contributed by atoms with E-state index in [1.807, 2.05) is 13.0 Å². The molecule has 0 radical (unpaired) electrons. The third kappa shape index (κ3) is 3.63. The average molecular weight is 314 g/mol. The summed E-state index contributed by atoms with van der Waals surface area (Å²) in [5.74, 6) is 0.145. The highest BCUT2D eigenvalue weighted by Gasteiger charge is 2.11. The number of rotatable bonds is 5. The number of carbonyl (C=O) groups is 1. The lowest BCUT2D eigenvalue weighted by Crippen LogP contribution is -2.25. The van der Waals surface area contributed by atoms with Gasteiger partial charge in [0.2, 0.25) is 0 Å². The number of halogens is 1. The summed E-state index contributed by atoms with van der Waals surface area (Å²) >= 11 is 0. The van der Waals surface area contributed by atoms with Crippen molar-refractivity contribution in [2.45, 2.75) is 13.3 Å². The van der Waals surface area contributed by atoms with E-state index in [0.717, 1.165) is 17.0 Å². The second-order valence-electron chi connectivity index (χ2n) is 5.11. The molecule has 118 valence electrons. The van der Waals surface area contributed by atoms with Crippen LogP contribution in [0, 0.1) is 12.7 Å². The van der Waals surface area contributed by atoms with Crippen LogP contribution < -0.4 is 5.32 Å². The van der Waals surface area contributed by atoms with Gasteiger partial charge in [-0.05, 0) is 37.3 Å². The molecule has 0 spiro atoms. The van der Waals surface area contributed by atoms with Gasteiger partial charge in [-0.1, -0.05) is 5.16 Å². The van der Waals surface area contributed by atoms with Gasteiger partial charge in [-0.3, -0.25) is 9.89 Å². The zero-order valence-electron chi connectivity index (χ0n) is 12.5. The molecule has 2 N–H and O–H groups in total. The first-order valence-electron chi connectivity index (χ1n) is 7.13. The molecule has 1 aromatic carbocycles. The fourth-order valence-corrected chi connectivity index (χ4v) is 2.14. The Hall–Kier alpha value is -2.96. The monoisotopic (exact) mass is 314 g/mol. The third-order valence-corrected chi connectivity index (χ3v) is 3.30. The van der Waals surface area contributed by atoms with E-state index in [2.05, 4.69) is 20.7 Å². The lowest BCUT2D eigenvalue weighted by atomic mass is 10.1. The van der Waals surface area contributed by atoms with E-state index < -0.39 is 0 Å². The molecule has 6 nitrogen and oxygen atoms in total. The number of carbonyl (C=O) groups excluding carboxylic acids is 1. The zero-order valence-corrected chi connectivity index (χ0v) is 12.5. The number of H-pyrrole nitrogens is 1. The van der Waals surface area contributed by atoms with Gasteiger partial charge in [0, 0.05) is 24.6 Å². The van der Waals surface area contributed by atoms with Crippen LogP contribution in [0.3, 0.4) is 0 Å². The van der Waals surface area contributed by atoms with E-state index in [9.17, 15) is 9.18 Å². The van der Waals surface area contributed by atoms with Gasteiger partial charge < -0.3 is 9.84 Å². The van der Waals surface area contributed by atoms with E-state index in [0.29, 0.717) is 24.4 Å². The molecule has 7 heteroatoms. The maximum absolute atomic E-state index is 12.9. The Bertz CT molecular complexity index is 808. The highest BCUT2D eigenvalue weighted by atomic mass is 19.1. The molecule has 0 atom stereocenters. The summed E-state index contributed by atoms with van der Waals surface area (Å²) in [6.45, 7) is 2.27. The van der Waals surface area contributed by atoms with Crippen molar-refractivity contribution >= 4 is 5.91 Å². The topological polar surface area (TPSA) is 83.8 Å². The van der Waals surface area contributed by atoms with Crippen molar-refractivity contribution in [2.75, 3.05) is 6.54 Å². The molecular weight excluding hydrogens is 299 g/mol. The number of hydrogen-bond donors (Lipinski definition) is 2. The first-order valence-corrected chi connectivity index (χ1v) is 7.13. The number of amides is 1. The largest absolute Gasteiger partial charge is 0.361 e. The highest BCUT2D eigenvalue weighted by Crippen LogP contribution is 2.17. The summed E-state index contributed by atoms with van der Waals surface area (Å²) < 4.78 is 18.0. The Balaban J connectivity index is 1.58. The van der Waals surface area contributed by atoms with E-state index in [1.54, 1.807) is 18.2 Å². The minimum absolute atomic E-state index is 0.262. The van der Waals surface area contributed by atoms with E-state index in [-0.39, 0.29) is 11.7 Å². The Labute approximate surface area is 131 Å².